The third-order valence-electron chi connectivity index (χ3n) is 5.80. The van der Waals surface area contributed by atoms with Gasteiger partial charge in [-0.1, -0.05) is 6.07 Å². The number of aryl methyl sites for hydroxylation is 1. The zero-order valence-corrected chi connectivity index (χ0v) is 16.7. The van der Waals surface area contributed by atoms with Gasteiger partial charge < -0.3 is 14.0 Å². The molecule has 2 aliphatic rings. The molecule has 0 aliphatic carbocycles. The Kier molecular flexibility index (Phi) is 4.60. The minimum absolute atomic E-state index is 0.0238. The monoisotopic (exact) mass is 370 g/mol. The molecular formula is C19H27BN4O3. The fourth-order valence-corrected chi connectivity index (χ4v) is 3.39. The molecule has 2 saturated heterocycles. The van der Waals surface area contributed by atoms with Crippen LogP contribution in [0.2, 0.25) is 0 Å². The number of nitrogens with zero attached hydrogens (tertiary/aromatic N) is 4. The van der Waals surface area contributed by atoms with Crippen LogP contribution in [-0.4, -0.2) is 44.7 Å². The molecular weight excluding hydrogens is 343 g/mol. The van der Waals surface area contributed by atoms with Crippen LogP contribution in [0.3, 0.4) is 0 Å². The van der Waals surface area contributed by atoms with Crippen molar-refractivity contribution in [3.8, 4) is 11.5 Å². The van der Waals surface area contributed by atoms with Gasteiger partial charge in [0.25, 0.3) is 0 Å². The lowest BCUT2D eigenvalue weighted by Gasteiger charge is -2.32. The summed E-state index contributed by atoms with van der Waals surface area (Å²) in [5.41, 5.74) is 1.93. The molecule has 4 heterocycles. The minimum Gasteiger partial charge on any atom is -0.399 e. The van der Waals surface area contributed by atoms with Crippen LogP contribution in [0.5, 0.6) is 0 Å². The molecule has 0 N–H and O–H groups in total. The molecule has 2 aromatic heterocycles. The second-order valence-corrected chi connectivity index (χ2v) is 8.39. The van der Waals surface area contributed by atoms with Crippen molar-refractivity contribution in [3.63, 3.8) is 0 Å². The number of hydrogen-bond acceptors (Lipinski definition) is 6. The summed E-state index contributed by atoms with van der Waals surface area (Å²) in [6.45, 7) is 11.0. The predicted octanol–water partition coefficient (Wildman–Crippen LogP) is 2.65. The molecule has 0 radical (unpaired) electrons. The predicted molar refractivity (Wildman–Crippen MR) is 103 cm³/mol. The minimum atomic E-state index is -0.420. The lowest BCUT2D eigenvalue weighted by atomic mass is 9.79. The number of hydrogen-bond donors (Lipinski definition) is 0. The Hall–Kier alpha value is -1.77. The summed E-state index contributed by atoms with van der Waals surface area (Å²) in [5, 5.41) is 4.59. The van der Waals surface area contributed by atoms with Crippen LogP contribution < -0.4 is 5.46 Å². The van der Waals surface area contributed by atoms with Crippen LogP contribution in [0.15, 0.2) is 18.6 Å². The SMILES string of the molecule is Cc1cc(B2OC(C)(C)C(C)(C)O2)cnc1-c1ncn(C2CCCCO2)n1. The number of pyridine rings is 1. The van der Waals surface area contributed by atoms with E-state index in [0.717, 1.165) is 42.6 Å². The van der Waals surface area contributed by atoms with Crippen molar-refractivity contribution in [1.29, 1.82) is 0 Å². The van der Waals surface area contributed by atoms with Crippen LogP contribution in [0.25, 0.3) is 11.5 Å². The highest BCUT2D eigenvalue weighted by atomic mass is 16.7. The highest BCUT2D eigenvalue weighted by Gasteiger charge is 2.51. The first-order valence-electron chi connectivity index (χ1n) is 9.62. The average Bonchev–Trinajstić information content (AvgIpc) is 3.18. The Labute approximate surface area is 160 Å². The molecule has 2 aliphatic heterocycles. The van der Waals surface area contributed by atoms with E-state index in [2.05, 4.69) is 15.1 Å². The fourth-order valence-electron chi connectivity index (χ4n) is 3.39. The highest BCUT2D eigenvalue weighted by Crippen LogP contribution is 2.36. The molecule has 8 heteroatoms. The van der Waals surface area contributed by atoms with E-state index < -0.39 is 7.12 Å². The number of ether oxygens (including phenoxy) is 1. The first-order chi connectivity index (χ1) is 12.8. The summed E-state index contributed by atoms with van der Waals surface area (Å²) in [5.74, 6) is 0.613. The van der Waals surface area contributed by atoms with Gasteiger partial charge in [0.2, 0.25) is 0 Å². The van der Waals surface area contributed by atoms with E-state index in [0.29, 0.717) is 5.82 Å². The third-order valence-corrected chi connectivity index (χ3v) is 5.80. The molecule has 1 unspecified atom stereocenters. The molecule has 2 fully saturated rings. The maximum atomic E-state index is 6.12. The summed E-state index contributed by atoms with van der Waals surface area (Å²) in [4.78, 5) is 9.05. The largest absolute Gasteiger partial charge is 0.496 e. The lowest BCUT2D eigenvalue weighted by molar-refractivity contribution is -0.0395. The van der Waals surface area contributed by atoms with Crippen LogP contribution in [-0.2, 0) is 14.0 Å². The van der Waals surface area contributed by atoms with E-state index in [1.165, 1.54) is 0 Å². The molecule has 2 aromatic rings. The third kappa shape index (κ3) is 3.41. The molecule has 144 valence electrons. The Morgan fingerprint density at radius 3 is 2.48 bits per heavy atom. The standard InChI is InChI=1S/C19H27BN4O3/c1-13-10-14(20-26-18(2,3)19(4,5)27-20)11-21-16(13)17-22-12-24(23-17)15-8-6-7-9-25-15/h10-12,15H,6-9H2,1-5H3. The van der Waals surface area contributed by atoms with Gasteiger partial charge in [0.15, 0.2) is 12.1 Å². The maximum Gasteiger partial charge on any atom is 0.496 e. The number of aromatic nitrogens is 4. The van der Waals surface area contributed by atoms with Gasteiger partial charge >= 0.3 is 7.12 Å². The van der Waals surface area contributed by atoms with Crippen molar-refractivity contribution in [2.75, 3.05) is 6.61 Å². The fraction of sp³-hybridized carbons (Fsp3) is 0.632. The average molecular weight is 370 g/mol. The van der Waals surface area contributed by atoms with Gasteiger partial charge in [-0.3, -0.25) is 4.98 Å². The second-order valence-electron chi connectivity index (χ2n) is 8.39. The molecule has 27 heavy (non-hydrogen) atoms. The summed E-state index contributed by atoms with van der Waals surface area (Å²) >= 11 is 0. The second kappa shape index (κ2) is 6.69. The van der Waals surface area contributed by atoms with E-state index in [4.69, 9.17) is 14.0 Å². The summed E-state index contributed by atoms with van der Waals surface area (Å²) in [6.07, 6.45) is 6.73. The number of rotatable bonds is 3. The molecule has 0 bridgehead atoms. The maximum absolute atomic E-state index is 6.12. The zero-order chi connectivity index (χ0) is 19.2. The first kappa shape index (κ1) is 18.6. The normalized spacial score (nSPS) is 24.3. The van der Waals surface area contributed by atoms with Crippen molar-refractivity contribution in [2.24, 2.45) is 0 Å². The first-order valence-corrected chi connectivity index (χ1v) is 9.62. The topological polar surface area (TPSA) is 71.3 Å². The molecule has 0 saturated carbocycles. The summed E-state index contributed by atoms with van der Waals surface area (Å²) in [6, 6.07) is 2.04. The quantitative estimate of drug-likeness (QED) is 0.774. The van der Waals surface area contributed by atoms with E-state index in [1.807, 2.05) is 40.7 Å². The van der Waals surface area contributed by atoms with E-state index in [-0.39, 0.29) is 17.4 Å². The van der Waals surface area contributed by atoms with Gasteiger partial charge in [0, 0.05) is 18.3 Å². The van der Waals surface area contributed by atoms with Crippen molar-refractivity contribution in [1.82, 2.24) is 19.7 Å². The Morgan fingerprint density at radius 2 is 1.85 bits per heavy atom. The molecule has 0 spiro atoms. The Bertz CT molecular complexity index is 814. The van der Waals surface area contributed by atoms with Gasteiger partial charge in [-0.05, 0) is 59.4 Å². The Balaban J connectivity index is 1.55. The van der Waals surface area contributed by atoms with Gasteiger partial charge in [-0.15, -0.1) is 5.10 Å². The molecule has 4 rings (SSSR count). The summed E-state index contributed by atoms with van der Waals surface area (Å²) in [7, 11) is -0.420. The van der Waals surface area contributed by atoms with E-state index in [9.17, 15) is 0 Å². The van der Waals surface area contributed by atoms with Crippen molar-refractivity contribution < 1.29 is 14.0 Å². The zero-order valence-electron chi connectivity index (χ0n) is 16.7. The molecule has 1 atom stereocenters. The van der Waals surface area contributed by atoms with Crippen molar-refractivity contribution in [2.45, 2.75) is 71.3 Å². The van der Waals surface area contributed by atoms with Crippen LogP contribution in [0.1, 0.15) is 58.7 Å². The van der Waals surface area contributed by atoms with Gasteiger partial charge in [-0.25, -0.2) is 9.67 Å². The van der Waals surface area contributed by atoms with Gasteiger partial charge in [-0.2, -0.15) is 0 Å². The molecule has 0 aromatic carbocycles. The van der Waals surface area contributed by atoms with Crippen LogP contribution in [0.4, 0.5) is 0 Å². The van der Waals surface area contributed by atoms with Crippen molar-refractivity contribution in [3.05, 3.63) is 24.2 Å². The van der Waals surface area contributed by atoms with E-state index in [1.54, 1.807) is 17.2 Å². The molecule has 0 amide bonds. The lowest BCUT2D eigenvalue weighted by Crippen LogP contribution is -2.41. The smallest absolute Gasteiger partial charge is 0.399 e. The van der Waals surface area contributed by atoms with Crippen LogP contribution >= 0.6 is 0 Å². The molecule has 7 nitrogen and oxygen atoms in total. The summed E-state index contributed by atoms with van der Waals surface area (Å²) < 4.78 is 19.8. The van der Waals surface area contributed by atoms with Gasteiger partial charge in [0.05, 0.1) is 11.2 Å². The highest BCUT2D eigenvalue weighted by molar-refractivity contribution is 6.62. The van der Waals surface area contributed by atoms with E-state index >= 15 is 0 Å². The van der Waals surface area contributed by atoms with Crippen molar-refractivity contribution >= 4 is 12.6 Å². The van der Waals surface area contributed by atoms with Crippen LogP contribution in [0, 0.1) is 6.92 Å². The Morgan fingerprint density at radius 1 is 1.11 bits per heavy atom. The van der Waals surface area contributed by atoms with Gasteiger partial charge in [0.1, 0.15) is 12.0 Å².